The SMILES string of the molecule is C#CC1=C[C@H](OC(=O)OC=C)C[C@@H](O)C1. The van der Waals surface area contributed by atoms with E-state index in [1.807, 2.05) is 0 Å². The third kappa shape index (κ3) is 3.49. The molecule has 0 saturated heterocycles. The van der Waals surface area contributed by atoms with E-state index in [9.17, 15) is 9.90 Å². The molecule has 1 aliphatic rings. The minimum absolute atomic E-state index is 0.331. The minimum Gasteiger partial charge on any atom is -0.426 e. The Morgan fingerprint density at radius 3 is 3.13 bits per heavy atom. The number of terminal acetylenes is 1. The maximum absolute atomic E-state index is 10.9. The van der Waals surface area contributed by atoms with Crippen molar-refractivity contribution in [2.24, 2.45) is 0 Å². The van der Waals surface area contributed by atoms with Crippen LogP contribution in [0.3, 0.4) is 0 Å². The topological polar surface area (TPSA) is 55.8 Å². The van der Waals surface area contributed by atoms with Crippen molar-refractivity contribution in [3.05, 3.63) is 24.5 Å². The van der Waals surface area contributed by atoms with Crippen LogP contribution in [0.2, 0.25) is 0 Å². The predicted octanol–water partition coefficient (Wildman–Crippen LogP) is 1.37. The monoisotopic (exact) mass is 208 g/mol. The van der Waals surface area contributed by atoms with Gasteiger partial charge < -0.3 is 14.6 Å². The Morgan fingerprint density at radius 1 is 1.80 bits per heavy atom. The zero-order chi connectivity index (χ0) is 11.3. The van der Waals surface area contributed by atoms with Crippen LogP contribution in [-0.4, -0.2) is 23.5 Å². The molecule has 0 aromatic carbocycles. The Bertz CT molecular complexity index is 324. The zero-order valence-electron chi connectivity index (χ0n) is 8.18. The van der Waals surface area contributed by atoms with Crippen LogP contribution < -0.4 is 0 Å². The van der Waals surface area contributed by atoms with Crippen molar-refractivity contribution in [1.82, 2.24) is 0 Å². The summed E-state index contributed by atoms with van der Waals surface area (Å²) in [5.41, 5.74) is 0.630. The van der Waals surface area contributed by atoms with Crippen molar-refractivity contribution >= 4 is 6.16 Å². The van der Waals surface area contributed by atoms with E-state index in [1.165, 1.54) is 0 Å². The Morgan fingerprint density at radius 2 is 2.53 bits per heavy atom. The molecule has 1 aliphatic carbocycles. The van der Waals surface area contributed by atoms with Crippen molar-refractivity contribution < 1.29 is 19.4 Å². The lowest BCUT2D eigenvalue weighted by Gasteiger charge is -2.22. The molecule has 0 heterocycles. The second-order valence-corrected chi connectivity index (χ2v) is 3.12. The first kappa shape index (κ1) is 11.3. The van der Waals surface area contributed by atoms with E-state index in [2.05, 4.69) is 17.2 Å². The van der Waals surface area contributed by atoms with Crippen molar-refractivity contribution in [1.29, 1.82) is 0 Å². The predicted molar refractivity (Wildman–Crippen MR) is 53.7 cm³/mol. The summed E-state index contributed by atoms with van der Waals surface area (Å²) in [4.78, 5) is 10.9. The normalized spacial score (nSPS) is 24.7. The van der Waals surface area contributed by atoms with Gasteiger partial charge in [0.15, 0.2) is 0 Å². The molecule has 80 valence electrons. The smallest absolute Gasteiger partial charge is 0.426 e. The molecule has 0 bridgehead atoms. The van der Waals surface area contributed by atoms with E-state index in [1.54, 1.807) is 6.08 Å². The first-order chi connectivity index (χ1) is 7.15. The van der Waals surface area contributed by atoms with Gasteiger partial charge in [-0.2, -0.15) is 0 Å². The Hall–Kier alpha value is -1.73. The molecule has 2 atom stereocenters. The quantitative estimate of drug-likeness (QED) is 0.423. The molecular formula is C11H12O4. The van der Waals surface area contributed by atoms with E-state index < -0.39 is 18.4 Å². The fourth-order valence-electron chi connectivity index (χ4n) is 1.37. The molecule has 0 aromatic rings. The van der Waals surface area contributed by atoms with Crippen molar-refractivity contribution in [3.8, 4) is 12.3 Å². The molecule has 4 nitrogen and oxygen atoms in total. The summed E-state index contributed by atoms with van der Waals surface area (Å²) in [6.07, 6.45) is 6.60. The van der Waals surface area contributed by atoms with Gasteiger partial charge in [0.2, 0.25) is 0 Å². The third-order valence-corrected chi connectivity index (χ3v) is 1.96. The maximum atomic E-state index is 10.9. The number of aliphatic hydroxyl groups is 1. The fourth-order valence-corrected chi connectivity index (χ4v) is 1.37. The van der Waals surface area contributed by atoms with Crippen molar-refractivity contribution in [2.45, 2.75) is 25.0 Å². The van der Waals surface area contributed by atoms with Gasteiger partial charge in [0.25, 0.3) is 0 Å². The molecule has 1 rings (SSSR count). The highest BCUT2D eigenvalue weighted by Gasteiger charge is 2.23. The number of carbonyl (C=O) groups is 1. The molecule has 0 saturated carbocycles. The summed E-state index contributed by atoms with van der Waals surface area (Å²) < 4.78 is 9.26. The second-order valence-electron chi connectivity index (χ2n) is 3.12. The van der Waals surface area contributed by atoms with Gasteiger partial charge in [-0.1, -0.05) is 12.5 Å². The fraction of sp³-hybridized carbons (Fsp3) is 0.364. The van der Waals surface area contributed by atoms with Crippen molar-refractivity contribution in [2.75, 3.05) is 0 Å². The number of rotatable bonds is 2. The Kier molecular flexibility index (Phi) is 3.95. The van der Waals surface area contributed by atoms with Crippen LogP contribution in [-0.2, 0) is 9.47 Å². The number of aliphatic hydroxyl groups excluding tert-OH is 1. The maximum Gasteiger partial charge on any atom is 0.513 e. The number of hydrogen-bond acceptors (Lipinski definition) is 4. The molecule has 0 spiro atoms. The lowest BCUT2D eigenvalue weighted by molar-refractivity contribution is 0.0351. The van der Waals surface area contributed by atoms with E-state index in [-0.39, 0.29) is 0 Å². The first-order valence-corrected chi connectivity index (χ1v) is 4.49. The largest absolute Gasteiger partial charge is 0.513 e. The van der Waals surface area contributed by atoms with E-state index in [0.29, 0.717) is 18.4 Å². The molecule has 0 aliphatic heterocycles. The molecule has 4 heteroatoms. The highest BCUT2D eigenvalue weighted by atomic mass is 16.7. The van der Waals surface area contributed by atoms with Gasteiger partial charge in [0.05, 0.1) is 12.4 Å². The van der Waals surface area contributed by atoms with E-state index in [0.717, 1.165) is 6.26 Å². The van der Waals surface area contributed by atoms with Gasteiger partial charge in [-0.05, 0) is 6.08 Å². The van der Waals surface area contributed by atoms with Crippen LogP contribution in [0.25, 0.3) is 0 Å². The van der Waals surface area contributed by atoms with Gasteiger partial charge in [0, 0.05) is 18.4 Å². The highest BCUT2D eigenvalue weighted by molar-refractivity contribution is 5.61. The molecular weight excluding hydrogens is 196 g/mol. The molecule has 0 fully saturated rings. The summed E-state index contributed by atoms with van der Waals surface area (Å²) in [5.74, 6) is 2.42. The molecule has 15 heavy (non-hydrogen) atoms. The molecule has 0 amide bonds. The van der Waals surface area contributed by atoms with Gasteiger partial charge in [-0.25, -0.2) is 4.79 Å². The lowest BCUT2D eigenvalue weighted by Crippen LogP contribution is -2.26. The number of ether oxygens (including phenoxy) is 2. The number of hydrogen-bond donors (Lipinski definition) is 1. The van der Waals surface area contributed by atoms with E-state index >= 15 is 0 Å². The second kappa shape index (κ2) is 5.23. The summed E-state index contributed by atoms with van der Waals surface area (Å²) in [6.45, 7) is 3.22. The van der Waals surface area contributed by atoms with Gasteiger partial charge in [-0.15, -0.1) is 6.42 Å². The van der Waals surface area contributed by atoms with Crippen LogP contribution in [0.4, 0.5) is 4.79 Å². The number of carbonyl (C=O) groups excluding carboxylic acids is 1. The molecule has 1 N–H and O–H groups in total. The van der Waals surface area contributed by atoms with Gasteiger partial charge >= 0.3 is 6.16 Å². The standard InChI is InChI=1S/C11H12O4/c1-3-8-5-9(12)7-10(6-8)15-11(13)14-4-2/h1,4,6,9-10,12H,2,5,7H2/t9-,10-/m0/s1. The van der Waals surface area contributed by atoms with Gasteiger partial charge in [0.1, 0.15) is 6.10 Å². The highest BCUT2D eigenvalue weighted by Crippen LogP contribution is 2.20. The van der Waals surface area contributed by atoms with Crippen LogP contribution in [0.5, 0.6) is 0 Å². The Balaban J connectivity index is 2.59. The van der Waals surface area contributed by atoms with E-state index in [4.69, 9.17) is 11.2 Å². The summed E-state index contributed by atoms with van der Waals surface area (Å²) in [5, 5.41) is 9.44. The van der Waals surface area contributed by atoms with Crippen molar-refractivity contribution in [3.63, 3.8) is 0 Å². The summed E-state index contributed by atoms with van der Waals surface area (Å²) in [7, 11) is 0. The third-order valence-electron chi connectivity index (χ3n) is 1.96. The lowest BCUT2D eigenvalue weighted by atomic mass is 9.95. The molecule has 0 aromatic heterocycles. The molecule has 0 unspecified atom stereocenters. The summed E-state index contributed by atoms with van der Waals surface area (Å²) >= 11 is 0. The minimum atomic E-state index is -0.850. The van der Waals surface area contributed by atoms with Crippen LogP contribution in [0.1, 0.15) is 12.8 Å². The van der Waals surface area contributed by atoms with Gasteiger partial charge in [-0.3, -0.25) is 0 Å². The average Bonchev–Trinajstić information content (AvgIpc) is 2.17. The first-order valence-electron chi connectivity index (χ1n) is 4.49. The summed E-state index contributed by atoms with van der Waals surface area (Å²) in [6, 6.07) is 0. The average molecular weight is 208 g/mol. The molecule has 0 radical (unpaired) electrons. The van der Waals surface area contributed by atoms with Crippen LogP contribution >= 0.6 is 0 Å². The van der Waals surface area contributed by atoms with Crippen LogP contribution in [0, 0.1) is 12.3 Å². The zero-order valence-corrected chi connectivity index (χ0v) is 8.18. The Labute approximate surface area is 88.2 Å². The van der Waals surface area contributed by atoms with Crippen LogP contribution in [0.15, 0.2) is 24.5 Å².